The largest absolute Gasteiger partial charge is 0.469 e. The van der Waals surface area contributed by atoms with Gasteiger partial charge in [0.15, 0.2) is 11.9 Å². The molecule has 1 rings (SSSR count). The maximum absolute atomic E-state index is 11.7. The molecule has 0 heterocycles. The van der Waals surface area contributed by atoms with Crippen molar-refractivity contribution >= 4 is 11.8 Å². The molecule has 1 aromatic carbocycles. The zero-order valence-electron chi connectivity index (χ0n) is 9.90. The molecular formula is C14H11NO3. The van der Waals surface area contributed by atoms with Crippen LogP contribution in [0.1, 0.15) is 28.8 Å². The Bertz CT molecular complexity index is 541. The second kappa shape index (κ2) is 6.88. The molecule has 0 aliphatic heterocycles. The Morgan fingerprint density at radius 1 is 1.22 bits per heavy atom. The Balaban J connectivity index is 2.65. The summed E-state index contributed by atoms with van der Waals surface area (Å²) in [6.07, 6.45) is 0.196. The Hall–Kier alpha value is -2.59. The fourth-order valence-electron chi connectivity index (χ4n) is 1.30. The molecule has 1 aromatic rings. The van der Waals surface area contributed by atoms with E-state index in [1.54, 1.807) is 30.3 Å². The normalized spacial score (nSPS) is 8.67. The number of Topliss-reactive ketones (excluding diaryl/α,β-unsaturated/α-hetero) is 1. The third-order valence-corrected chi connectivity index (χ3v) is 2.25. The second-order valence-electron chi connectivity index (χ2n) is 3.44. The molecule has 0 unspecified atom stereocenters. The zero-order valence-corrected chi connectivity index (χ0v) is 9.90. The lowest BCUT2D eigenvalue weighted by atomic mass is 10.0. The van der Waals surface area contributed by atoms with Gasteiger partial charge in [-0.05, 0) is 12.1 Å². The smallest absolute Gasteiger partial charge is 0.305 e. The lowest BCUT2D eigenvalue weighted by molar-refractivity contribution is -0.140. The highest BCUT2D eigenvalue weighted by Gasteiger charge is 2.08. The van der Waals surface area contributed by atoms with Crippen molar-refractivity contribution < 1.29 is 14.3 Å². The first-order chi connectivity index (χ1) is 8.67. The summed E-state index contributed by atoms with van der Waals surface area (Å²) in [5.41, 5.74) is 1.18. The minimum Gasteiger partial charge on any atom is -0.469 e. The van der Waals surface area contributed by atoms with Crippen molar-refractivity contribution in [3.63, 3.8) is 0 Å². The SMILES string of the molecule is COC(=O)CCC(=O)c1ccc(C#CC#N)cc1. The van der Waals surface area contributed by atoms with Gasteiger partial charge in [0.2, 0.25) is 0 Å². The molecule has 0 fully saturated rings. The van der Waals surface area contributed by atoms with Gasteiger partial charge in [-0.2, -0.15) is 5.26 Å². The topological polar surface area (TPSA) is 67.2 Å². The summed E-state index contributed by atoms with van der Waals surface area (Å²) in [6.45, 7) is 0. The lowest BCUT2D eigenvalue weighted by Crippen LogP contribution is -2.05. The fraction of sp³-hybridized carbons (Fsp3) is 0.214. The maximum atomic E-state index is 11.7. The Labute approximate surface area is 105 Å². The summed E-state index contributed by atoms with van der Waals surface area (Å²) < 4.78 is 4.46. The summed E-state index contributed by atoms with van der Waals surface area (Å²) in [4.78, 5) is 22.6. The second-order valence-corrected chi connectivity index (χ2v) is 3.44. The number of hydrogen-bond donors (Lipinski definition) is 0. The molecule has 0 spiro atoms. The molecule has 0 aromatic heterocycles. The number of rotatable bonds is 4. The molecule has 18 heavy (non-hydrogen) atoms. The molecule has 0 saturated heterocycles. The van der Waals surface area contributed by atoms with Gasteiger partial charge < -0.3 is 4.74 Å². The Kier molecular flexibility index (Phi) is 5.15. The van der Waals surface area contributed by atoms with Crippen molar-refractivity contribution in [1.82, 2.24) is 0 Å². The number of esters is 1. The summed E-state index contributed by atoms with van der Waals surface area (Å²) in [5.74, 6) is 4.37. The van der Waals surface area contributed by atoms with Crippen molar-refractivity contribution in [2.45, 2.75) is 12.8 Å². The molecule has 0 saturated carbocycles. The minimum atomic E-state index is -0.403. The van der Waals surface area contributed by atoms with Gasteiger partial charge in [-0.25, -0.2) is 0 Å². The van der Waals surface area contributed by atoms with E-state index >= 15 is 0 Å². The molecule has 0 bridgehead atoms. The van der Waals surface area contributed by atoms with Crippen molar-refractivity contribution in [2.24, 2.45) is 0 Å². The van der Waals surface area contributed by atoms with Crippen LogP contribution in [-0.4, -0.2) is 18.9 Å². The molecule has 90 valence electrons. The average Bonchev–Trinajstić information content (AvgIpc) is 2.42. The molecule has 0 amide bonds. The predicted molar refractivity (Wildman–Crippen MR) is 64.5 cm³/mol. The number of nitrogens with zero attached hydrogens (tertiary/aromatic N) is 1. The molecule has 0 aliphatic carbocycles. The molecular weight excluding hydrogens is 230 g/mol. The van der Waals surface area contributed by atoms with Gasteiger partial charge in [0.1, 0.15) is 0 Å². The Morgan fingerprint density at radius 2 is 1.89 bits per heavy atom. The summed E-state index contributed by atoms with van der Waals surface area (Å²) in [6, 6.07) is 8.29. The lowest BCUT2D eigenvalue weighted by Gasteiger charge is -2.00. The standard InChI is InChI=1S/C14H11NO3/c1-18-14(17)9-8-13(16)12-6-4-11(5-7-12)3-2-10-15/h4-7H,8-9H2,1H3. The van der Waals surface area contributed by atoms with E-state index in [0.29, 0.717) is 11.1 Å². The number of ketones is 1. The van der Waals surface area contributed by atoms with Gasteiger partial charge in [0.05, 0.1) is 13.5 Å². The molecule has 0 aliphatic rings. The van der Waals surface area contributed by atoms with E-state index < -0.39 is 5.97 Å². The van der Waals surface area contributed by atoms with Crippen molar-refractivity contribution in [1.29, 1.82) is 5.26 Å². The fourth-order valence-corrected chi connectivity index (χ4v) is 1.30. The quantitative estimate of drug-likeness (QED) is 0.457. The number of carbonyl (C=O) groups excluding carboxylic acids is 2. The van der Waals surface area contributed by atoms with Gasteiger partial charge in [-0.15, -0.1) is 0 Å². The highest BCUT2D eigenvalue weighted by atomic mass is 16.5. The van der Waals surface area contributed by atoms with E-state index in [1.165, 1.54) is 7.11 Å². The van der Waals surface area contributed by atoms with Crippen LogP contribution in [0.3, 0.4) is 0 Å². The van der Waals surface area contributed by atoms with Gasteiger partial charge >= 0.3 is 5.97 Å². The van der Waals surface area contributed by atoms with E-state index in [1.807, 2.05) is 0 Å². The number of ether oxygens (including phenoxy) is 1. The molecule has 0 atom stereocenters. The highest BCUT2D eigenvalue weighted by molar-refractivity contribution is 5.97. The number of hydrogen-bond acceptors (Lipinski definition) is 4. The Morgan fingerprint density at radius 3 is 2.44 bits per heavy atom. The average molecular weight is 241 g/mol. The van der Waals surface area contributed by atoms with Crippen LogP contribution >= 0.6 is 0 Å². The first-order valence-corrected chi connectivity index (χ1v) is 5.27. The van der Waals surface area contributed by atoms with Crippen LogP contribution in [0.5, 0.6) is 0 Å². The summed E-state index contributed by atoms with van der Waals surface area (Å²) in [5, 5.41) is 8.29. The van der Waals surface area contributed by atoms with Crippen LogP contribution in [0.25, 0.3) is 0 Å². The van der Waals surface area contributed by atoms with Crippen molar-refractivity contribution in [3.05, 3.63) is 35.4 Å². The molecule has 4 heteroatoms. The van der Waals surface area contributed by atoms with E-state index in [4.69, 9.17) is 5.26 Å². The van der Waals surface area contributed by atoms with Crippen molar-refractivity contribution in [3.8, 4) is 17.9 Å². The number of nitriles is 1. The van der Waals surface area contributed by atoms with Crippen LogP contribution in [-0.2, 0) is 9.53 Å². The van der Waals surface area contributed by atoms with E-state index in [9.17, 15) is 9.59 Å². The molecule has 0 radical (unpaired) electrons. The van der Waals surface area contributed by atoms with Crippen LogP contribution in [0.2, 0.25) is 0 Å². The van der Waals surface area contributed by atoms with Crippen LogP contribution in [0, 0.1) is 23.2 Å². The van der Waals surface area contributed by atoms with Crippen LogP contribution in [0.15, 0.2) is 24.3 Å². The number of benzene rings is 1. The first-order valence-electron chi connectivity index (χ1n) is 5.27. The van der Waals surface area contributed by atoms with E-state index in [2.05, 4.69) is 16.6 Å². The van der Waals surface area contributed by atoms with Crippen LogP contribution < -0.4 is 0 Å². The van der Waals surface area contributed by atoms with E-state index in [-0.39, 0.29) is 18.6 Å². The zero-order chi connectivity index (χ0) is 13.4. The first kappa shape index (κ1) is 13.5. The molecule has 0 N–H and O–H groups in total. The highest BCUT2D eigenvalue weighted by Crippen LogP contribution is 2.08. The summed E-state index contributed by atoms with van der Waals surface area (Å²) >= 11 is 0. The van der Waals surface area contributed by atoms with Gasteiger partial charge in [0, 0.05) is 23.5 Å². The van der Waals surface area contributed by atoms with Crippen molar-refractivity contribution in [2.75, 3.05) is 7.11 Å². The third kappa shape index (κ3) is 4.11. The maximum Gasteiger partial charge on any atom is 0.305 e. The number of methoxy groups -OCH3 is 1. The number of carbonyl (C=O) groups is 2. The predicted octanol–water partition coefficient (Wildman–Crippen LogP) is 1.70. The van der Waals surface area contributed by atoms with Gasteiger partial charge in [-0.1, -0.05) is 18.1 Å². The molecule has 4 nitrogen and oxygen atoms in total. The monoisotopic (exact) mass is 241 g/mol. The third-order valence-electron chi connectivity index (χ3n) is 2.25. The minimum absolute atomic E-state index is 0.0747. The van der Waals surface area contributed by atoms with Gasteiger partial charge in [-0.3, -0.25) is 9.59 Å². The van der Waals surface area contributed by atoms with E-state index in [0.717, 1.165) is 0 Å². The summed E-state index contributed by atoms with van der Waals surface area (Å²) in [7, 11) is 1.29. The van der Waals surface area contributed by atoms with Crippen LogP contribution in [0.4, 0.5) is 0 Å². The van der Waals surface area contributed by atoms with Gasteiger partial charge in [0.25, 0.3) is 0 Å².